The average molecular weight is 293 g/mol. The number of thiophene rings is 1. The Morgan fingerprint density at radius 1 is 1.20 bits per heavy atom. The highest BCUT2D eigenvalue weighted by Gasteiger charge is 2.11. The van der Waals surface area contributed by atoms with Gasteiger partial charge in [0.05, 0.1) is 11.9 Å². The number of hydrogen-bond acceptors (Lipinski definition) is 6. The molecular weight excluding hydrogens is 270 g/mol. The van der Waals surface area contributed by atoms with E-state index in [1.165, 1.54) is 0 Å². The summed E-state index contributed by atoms with van der Waals surface area (Å²) in [5, 5.41) is 2.98. The zero-order valence-corrected chi connectivity index (χ0v) is 13.3. The molecule has 5 nitrogen and oxygen atoms in total. The number of nitrogens with two attached hydrogens (primary N) is 1. The summed E-state index contributed by atoms with van der Waals surface area (Å²) in [5.74, 6) is 1.42. The van der Waals surface area contributed by atoms with Crippen molar-refractivity contribution in [3.63, 3.8) is 0 Å². The molecule has 6 heteroatoms. The Morgan fingerprint density at radius 3 is 2.70 bits per heavy atom. The molecule has 0 saturated heterocycles. The minimum Gasteiger partial charge on any atom is -0.383 e. The first kappa shape index (κ1) is 15.2. The molecule has 0 amide bonds. The molecule has 0 unspecified atom stereocenters. The third-order valence-corrected chi connectivity index (χ3v) is 3.98. The first-order valence-corrected chi connectivity index (χ1v) is 7.84. The van der Waals surface area contributed by atoms with Gasteiger partial charge in [-0.3, -0.25) is 4.90 Å². The number of hydrogen-bond donors (Lipinski definition) is 1. The van der Waals surface area contributed by atoms with Crippen LogP contribution in [0.2, 0.25) is 0 Å². The standard InChI is InChI=1S/C14H23N5S/c1-4-6-19(8-7-18(2)3)10-12-16-13(15)11-5-9-20-14(11)17-12/h5,9H,4,6-8,10H2,1-3H3,(H2,15,16,17). The van der Waals surface area contributed by atoms with Gasteiger partial charge >= 0.3 is 0 Å². The molecule has 0 fully saturated rings. The number of fused-ring (bicyclic) bond motifs is 1. The molecule has 20 heavy (non-hydrogen) atoms. The van der Waals surface area contributed by atoms with Crippen LogP contribution < -0.4 is 5.73 Å². The largest absolute Gasteiger partial charge is 0.383 e. The number of nitrogen functional groups attached to an aromatic ring is 1. The first-order chi connectivity index (χ1) is 9.60. The summed E-state index contributed by atoms with van der Waals surface area (Å²) >= 11 is 1.62. The molecule has 0 saturated carbocycles. The summed E-state index contributed by atoms with van der Waals surface area (Å²) < 4.78 is 0. The predicted octanol–water partition coefficient (Wildman–Crippen LogP) is 2.05. The van der Waals surface area contributed by atoms with Gasteiger partial charge in [-0.2, -0.15) is 0 Å². The van der Waals surface area contributed by atoms with Crippen LogP contribution in [-0.2, 0) is 6.54 Å². The fourth-order valence-electron chi connectivity index (χ4n) is 2.12. The maximum atomic E-state index is 6.00. The summed E-state index contributed by atoms with van der Waals surface area (Å²) in [6.45, 7) is 6.07. The van der Waals surface area contributed by atoms with E-state index >= 15 is 0 Å². The molecule has 0 aromatic carbocycles. The van der Waals surface area contributed by atoms with Crippen LogP contribution in [0.3, 0.4) is 0 Å². The van der Waals surface area contributed by atoms with Crippen molar-refractivity contribution in [2.75, 3.05) is 39.5 Å². The van der Waals surface area contributed by atoms with Gasteiger partial charge in [0.25, 0.3) is 0 Å². The molecule has 0 aliphatic carbocycles. The molecule has 2 N–H and O–H groups in total. The zero-order valence-electron chi connectivity index (χ0n) is 12.5. The van der Waals surface area contributed by atoms with E-state index < -0.39 is 0 Å². The Kier molecular flexibility index (Phi) is 5.28. The van der Waals surface area contributed by atoms with Crippen LogP contribution in [0.5, 0.6) is 0 Å². The molecule has 2 aromatic heterocycles. The van der Waals surface area contributed by atoms with Crippen molar-refractivity contribution in [3.8, 4) is 0 Å². The quantitative estimate of drug-likeness (QED) is 0.846. The molecule has 0 aliphatic heterocycles. The van der Waals surface area contributed by atoms with E-state index in [2.05, 4.69) is 40.8 Å². The van der Waals surface area contributed by atoms with Crippen molar-refractivity contribution in [2.45, 2.75) is 19.9 Å². The Bertz CT molecular complexity index is 551. The lowest BCUT2D eigenvalue weighted by atomic mass is 10.3. The fraction of sp³-hybridized carbons (Fsp3) is 0.571. The number of rotatable bonds is 7. The highest BCUT2D eigenvalue weighted by Crippen LogP contribution is 2.23. The Morgan fingerprint density at radius 2 is 2.00 bits per heavy atom. The number of aromatic nitrogens is 2. The summed E-state index contributed by atoms with van der Waals surface area (Å²) in [5.41, 5.74) is 6.00. The Balaban J connectivity index is 2.10. The third kappa shape index (κ3) is 3.88. The highest BCUT2D eigenvalue weighted by atomic mass is 32.1. The van der Waals surface area contributed by atoms with Gasteiger partial charge in [0, 0.05) is 13.1 Å². The molecule has 110 valence electrons. The number of nitrogens with zero attached hydrogens (tertiary/aromatic N) is 4. The second kappa shape index (κ2) is 6.97. The van der Waals surface area contributed by atoms with Crippen molar-refractivity contribution in [2.24, 2.45) is 0 Å². The molecule has 0 spiro atoms. The van der Waals surface area contributed by atoms with Gasteiger partial charge in [0.15, 0.2) is 0 Å². The minimum atomic E-state index is 0.593. The summed E-state index contributed by atoms with van der Waals surface area (Å²) in [6, 6.07) is 1.98. The van der Waals surface area contributed by atoms with Crippen LogP contribution >= 0.6 is 11.3 Å². The lowest BCUT2D eigenvalue weighted by molar-refractivity contribution is 0.229. The van der Waals surface area contributed by atoms with Crippen LogP contribution in [-0.4, -0.2) is 53.5 Å². The third-order valence-electron chi connectivity index (χ3n) is 3.17. The van der Waals surface area contributed by atoms with Crippen LogP contribution in [0, 0.1) is 0 Å². The van der Waals surface area contributed by atoms with Gasteiger partial charge in [-0.15, -0.1) is 11.3 Å². The molecule has 0 radical (unpaired) electrons. The topological polar surface area (TPSA) is 58.3 Å². The molecule has 2 aromatic rings. The molecule has 0 bridgehead atoms. The SMILES string of the molecule is CCCN(CCN(C)C)Cc1nc(N)c2ccsc2n1. The normalized spacial score (nSPS) is 11.8. The van der Waals surface area contributed by atoms with Gasteiger partial charge in [-0.25, -0.2) is 9.97 Å². The predicted molar refractivity (Wildman–Crippen MR) is 85.9 cm³/mol. The van der Waals surface area contributed by atoms with Gasteiger partial charge < -0.3 is 10.6 Å². The first-order valence-electron chi connectivity index (χ1n) is 6.96. The Labute approximate surface area is 124 Å². The van der Waals surface area contributed by atoms with Crippen molar-refractivity contribution >= 4 is 27.4 Å². The van der Waals surface area contributed by atoms with Gasteiger partial charge in [0.1, 0.15) is 16.5 Å². The number of likely N-dealkylation sites (N-methyl/N-ethyl adjacent to an activating group) is 1. The zero-order chi connectivity index (χ0) is 14.5. The smallest absolute Gasteiger partial charge is 0.146 e. The molecular formula is C14H23N5S. The van der Waals surface area contributed by atoms with Gasteiger partial charge in [-0.1, -0.05) is 6.92 Å². The molecule has 0 aliphatic rings. The van der Waals surface area contributed by atoms with E-state index in [9.17, 15) is 0 Å². The van der Waals surface area contributed by atoms with E-state index in [1.54, 1.807) is 11.3 Å². The monoisotopic (exact) mass is 293 g/mol. The molecule has 2 heterocycles. The van der Waals surface area contributed by atoms with E-state index in [0.717, 1.165) is 48.6 Å². The second-order valence-corrected chi connectivity index (χ2v) is 6.14. The number of anilines is 1. The van der Waals surface area contributed by atoms with E-state index in [0.29, 0.717) is 5.82 Å². The van der Waals surface area contributed by atoms with Gasteiger partial charge in [0.2, 0.25) is 0 Å². The van der Waals surface area contributed by atoms with E-state index in [-0.39, 0.29) is 0 Å². The van der Waals surface area contributed by atoms with Crippen LogP contribution in [0.1, 0.15) is 19.2 Å². The van der Waals surface area contributed by atoms with Crippen LogP contribution in [0.4, 0.5) is 5.82 Å². The van der Waals surface area contributed by atoms with Gasteiger partial charge in [-0.05, 0) is 38.5 Å². The highest BCUT2D eigenvalue weighted by molar-refractivity contribution is 7.16. The van der Waals surface area contributed by atoms with E-state index in [4.69, 9.17) is 5.73 Å². The van der Waals surface area contributed by atoms with Crippen LogP contribution in [0.15, 0.2) is 11.4 Å². The van der Waals surface area contributed by atoms with Crippen molar-refractivity contribution in [1.29, 1.82) is 0 Å². The Hall–Kier alpha value is -1.24. The maximum absolute atomic E-state index is 6.00. The molecule has 0 atom stereocenters. The average Bonchev–Trinajstić information content (AvgIpc) is 2.85. The minimum absolute atomic E-state index is 0.593. The lowest BCUT2D eigenvalue weighted by Gasteiger charge is -2.22. The van der Waals surface area contributed by atoms with E-state index in [1.807, 2.05) is 11.4 Å². The summed E-state index contributed by atoms with van der Waals surface area (Å²) in [4.78, 5) is 14.6. The summed E-state index contributed by atoms with van der Waals surface area (Å²) in [6.07, 6.45) is 1.13. The lowest BCUT2D eigenvalue weighted by Crippen LogP contribution is -2.32. The van der Waals surface area contributed by atoms with Crippen LogP contribution in [0.25, 0.3) is 10.2 Å². The van der Waals surface area contributed by atoms with Crippen molar-refractivity contribution < 1.29 is 0 Å². The maximum Gasteiger partial charge on any atom is 0.146 e. The summed E-state index contributed by atoms with van der Waals surface area (Å²) in [7, 11) is 4.19. The van der Waals surface area contributed by atoms with Crippen molar-refractivity contribution in [3.05, 3.63) is 17.3 Å². The fourth-order valence-corrected chi connectivity index (χ4v) is 2.91. The second-order valence-electron chi connectivity index (χ2n) is 5.24. The van der Waals surface area contributed by atoms with Crippen molar-refractivity contribution in [1.82, 2.24) is 19.8 Å². The molecule has 2 rings (SSSR count).